The van der Waals surface area contributed by atoms with Crippen LogP contribution in [0.15, 0.2) is 16.7 Å². The predicted molar refractivity (Wildman–Crippen MR) is 68.5 cm³/mol. The van der Waals surface area contributed by atoms with Gasteiger partial charge < -0.3 is 15.6 Å². The summed E-state index contributed by atoms with van der Waals surface area (Å²) in [7, 11) is 1.78. The van der Waals surface area contributed by atoms with Crippen LogP contribution in [0, 0.1) is 0 Å². The van der Waals surface area contributed by atoms with Gasteiger partial charge in [-0.15, -0.1) is 0 Å². The van der Waals surface area contributed by atoms with Crippen LogP contribution in [-0.4, -0.2) is 21.9 Å². The van der Waals surface area contributed by atoms with Gasteiger partial charge in [-0.25, -0.2) is 0 Å². The number of hydrogen-bond donors (Lipinski definition) is 2. The second kappa shape index (κ2) is 4.91. The molecule has 0 unspecified atom stereocenters. The van der Waals surface area contributed by atoms with Crippen molar-refractivity contribution < 1.29 is 9.59 Å². The maximum atomic E-state index is 12.0. The van der Waals surface area contributed by atoms with Crippen molar-refractivity contribution in [2.45, 2.75) is 25.8 Å². The average molecular weight is 302 g/mol. The van der Waals surface area contributed by atoms with Gasteiger partial charge in [-0.2, -0.15) is 0 Å². The van der Waals surface area contributed by atoms with E-state index in [-0.39, 0.29) is 12.3 Å². The molecule has 1 aromatic rings. The molecule has 0 radical (unpaired) electrons. The van der Waals surface area contributed by atoms with Gasteiger partial charge in [-0.1, -0.05) is 0 Å². The number of aromatic nitrogens is 1. The van der Waals surface area contributed by atoms with Crippen molar-refractivity contribution in [1.29, 1.82) is 0 Å². The van der Waals surface area contributed by atoms with E-state index >= 15 is 0 Å². The molecule has 2 amide bonds. The molecule has 0 bridgehead atoms. The van der Waals surface area contributed by atoms with Crippen molar-refractivity contribution >= 4 is 27.7 Å². The number of carbonyl (C=O) groups is 2. The van der Waals surface area contributed by atoms with Gasteiger partial charge in [0.15, 0.2) is 0 Å². The van der Waals surface area contributed by atoms with Gasteiger partial charge >= 0.3 is 0 Å². The lowest BCUT2D eigenvalue weighted by atomic mass is 10.00. The zero-order chi connectivity index (χ0) is 13.2. The summed E-state index contributed by atoms with van der Waals surface area (Å²) in [4.78, 5) is 22.8. The van der Waals surface area contributed by atoms with E-state index in [9.17, 15) is 9.59 Å². The molecule has 0 saturated heterocycles. The normalized spacial score (nSPS) is 11.3. The standard InChI is InChI=1S/C11H16BrN3O2/c1-11(2,5-9(13)16)14-10(17)8-4-7(12)6-15(8)3/h4,6H,5H2,1-3H3,(H2,13,16)(H,14,17). The first kappa shape index (κ1) is 13.8. The van der Waals surface area contributed by atoms with Gasteiger partial charge in [0, 0.05) is 29.7 Å². The van der Waals surface area contributed by atoms with Crippen LogP contribution in [0.5, 0.6) is 0 Å². The molecular formula is C11H16BrN3O2. The highest BCUT2D eigenvalue weighted by atomic mass is 79.9. The van der Waals surface area contributed by atoms with E-state index in [1.165, 1.54) is 0 Å². The van der Waals surface area contributed by atoms with Gasteiger partial charge in [0.1, 0.15) is 5.69 Å². The lowest BCUT2D eigenvalue weighted by Gasteiger charge is -2.24. The van der Waals surface area contributed by atoms with Crippen LogP contribution in [0.1, 0.15) is 30.8 Å². The molecule has 0 fully saturated rings. The van der Waals surface area contributed by atoms with E-state index in [1.54, 1.807) is 37.7 Å². The highest BCUT2D eigenvalue weighted by Crippen LogP contribution is 2.15. The van der Waals surface area contributed by atoms with E-state index in [0.717, 1.165) is 4.47 Å². The Bertz CT molecular complexity index is 452. The maximum Gasteiger partial charge on any atom is 0.268 e. The smallest absolute Gasteiger partial charge is 0.268 e. The molecule has 0 saturated carbocycles. The number of nitrogens with one attached hydrogen (secondary N) is 1. The van der Waals surface area contributed by atoms with E-state index < -0.39 is 11.4 Å². The molecule has 0 aliphatic heterocycles. The number of amides is 2. The van der Waals surface area contributed by atoms with Gasteiger partial charge in [0.25, 0.3) is 5.91 Å². The zero-order valence-corrected chi connectivity index (χ0v) is 11.7. The average Bonchev–Trinajstić information content (AvgIpc) is 2.41. The lowest BCUT2D eigenvalue weighted by molar-refractivity contribution is -0.119. The Hall–Kier alpha value is -1.30. The first-order valence-corrected chi connectivity index (χ1v) is 5.93. The highest BCUT2D eigenvalue weighted by molar-refractivity contribution is 9.10. The summed E-state index contributed by atoms with van der Waals surface area (Å²) in [5.41, 5.74) is 4.99. The Morgan fingerprint density at radius 1 is 1.53 bits per heavy atom. The number of aryl methyl sites for hydroxylation is 1. The van der Waals surface area contributed by atoms with Crippen molar-refractivity contribution in [2.24, 2.45) is 12.8 Å². The van der Waals surface area contributed by atoms with Crippen LogP contribution in [0.3, 0.4) is 0 Å². The summed E-state index contributed by atoms with van der Waals surface area (Å²) in [5.74, 6) is -0.673. The van der Waals surface area contributed by atoms with Gasteiger partial charge in [-0.05, 0) is 35.8 Å². The minimum atomic E-state index is -0.653. The molecule has 0 atom stereocenters. The molecule has 3 N–H and O–H groups in total. The Labute approximate surface area is 108 Å². The minimum Gasteiger partial charge on any atom is -0.370 e. The molecular weight excluding hydrogens is 286 g/mol. The molecule has 0 aliphatic carbocycles. The third kappa shape index (κ3) is 3.89. The van der Waals surface area contributed by atoms with Crippen LogP contribution in [0.25, 0.3) is 0 Å². The first-order valence-electron chi connectivity index (χ1n) is 5.14. The molecule has 5 nitrogen and oxygen atoms in total. The van der Waals surface area contributed by atoms with E-state index in [2.05, 4.69) is 21.2 Å². The fraction of sp³-hybridized carbons (Fsp3) is 0.455. The van der Waals surface area contributed by atoms with Crippen LogP contribution < -0.4 is 11.1 Å². The fourth-order valence-electron chi connectivity index (χ4n) is 1.60. The molecule has 0 aliphatic rings. The van der Waals surface area contributed by atoms with Crippen LogP contribution in [0.4, 0.5) is 0 Å². The SMILES string of the molecule is Cn1cc(Br)cc1C(=O)NC(C)(C)CC(N)=O. The molecule has 1 rings (SSSR count). The third-order valence-corrected chi connectivity index (χ3v) is 2.71. The van der Waals surface area contributed by atoms with Crippen molar-refractivity contribution in [2.75, 3.05) is 0 Å². The van der Waals surface area contributed by atoms with E-state index in [0.29, 0.717) is 5.69 Å². The second-order valence-corrected chi connectivity index (χ2v) is 5.55. The third-order valence-electron chi connectivity index (χ3n) is 2.27. The summed E-state index contributed by atoms with van der Waals surface area (Å²) in [6.45, 7) is 3.52. The zero-order valence-electron chi connectivity index (χ0n) is 10.1. The summed E-state index contributed by atoms with van der Waals surface area (Å²) in [5, 5.41) is 2.78. The molecule has 17 heavy (non-hydrogen) atoms. The van der Waals surface area contributed by atoms with Crippen molar-refractivity contribution in [3.63, 3.8) is 0 Å². The monoisotopic (exact) mass is 301 g/mol. The van der Waals surface area contributed by atoms with E-state index in [1.807, 2.05) is 0 Å². The Kier molecular flexibility index (Phi) is 3.98. The van der Waals surface area contributed by atoms with Crippen molar-refractivity contribution in [3.05, 3.63) is 22.4 Å². The molecule has 0 aromatic carbocycles. The molecule has 1 aromatic heterocycles. The Morgan fingerprint density at radius 2 is 2.12 bits per heavy atom. The van der Waals surface area contributed by atoms with Gasteiger partial charge in [0.2, 0.25) is 5.91 Å². The number of rotatable bonds is 4. The van der Waals surface area contributed by atoms with Gasteiger partial charge in [0.05, 0.1) is 0 Å². The second-order valence-electron chi connectivity index (χ2n) is 4.64. The molecule has 94 valence electrons. The van der Waals surface area contributed by atoms with Crippen molar-refractivity contribution in [1.82, 2.24) is 9.88 Å². The summed E-state index contributed by atoms with van der Waals surface area (Å²) in [6, 6.07) is 1.72. The van der Waals surface area contributed by atoms with E-state index in [4.69, 9.17) is 5.73 Å². The first-order chi connectivity index (χ1) is 7.71. The summed E-state index contributed by atoms with van der Waals surface area (Å²) < 4.78 is 2.54. The van der Waals surface area contributed by atoms with Crippen LogP contribution >= 0.6 is 15.9 Å². The number of carbonyl (C=O) groups excluding carboxylic acids is 2. The van der Waals surface area contributed by atoms with Crippen LogP contribution in [0.2, 0.25) is 0 Å². The minimum absolute atomic E-state index is 0.102. The quantitative estimate of drug-likeness (QED) is 0.876. The Morgan fingerprint density at radius 3 is 2.53 bits per heavy atom. The van der Waals surface area contributed by atoms with Crippen molar-refractivity contribution in [3.8, 4) is 0 Å². The summed E-state index contributed by atoms with van der Waals surface area (Å²) >= 11 is 3.30. The van der Waals surface area contributed by atoms with Gasteiger partial charge in [-0.3, -0.25) is 9.59 Å². The number of nitrogens with two attached hydrogens (primary N) is 1. The number of primary amides is 1. The topological polar surface area (TPSA) is 77.1 Å². The van der Waals surface area contributed by atoms with Crippen LogP contribution in [-0.2, 0) is 11.8 Å². The number of halogens is 1. The summed E-state index contributed by atoms with van der Waals surface area (Å²) in [6.07, 6.45) is 1.89. The highest BCUT2D eigenvalue weighted by Gasteiger charge is 2.24. The molecule has 6 heteroatoms. The lowest BCUT2D eigenvalue weighted by Crippen LogP contribution is -2.46. The molecule has 1 heterocycles. The number of nitrogens with zero attached hydrogens (tertiary/aromatic N) is 1. The fourth-order valence-corrected chi connectivity index (χ4v) is 2.13. The molecule has 0 spiro atoms. The largest absolute Gasteiger partial charge is 0.370 e. The maximum absolute atomic E-state index is 12.0. The predicted octanol–water partition coefficient (Wildman–Crippen LogP) is 1.17. The Balaban J connectivity index is 2.79. The number of hydrogen-bond acceptors (Lipinski definition) is 2.